The molecule has 0 bridgehead atoms. The van der Waals surface area contributed by atoms with Gasteiger partial charge in [0, 0.05) is 56.4 Å². The summed E-state index contributed by atoms with van der Waals surface area (Å²) in [5.41, 5.74) is 3.21. The summed E-state index contributed by atoms with van der Waals surface area (Å²) in [7, 11) is -2.30. The molecule has 0 N–H and O–H groups in total. The molecule has 159 valence electrons. The molecule has 2 saturated carbocycles. The number of fused-ring (bicyclic) bond motifs is 2. The third kappa shape index (κ3) is 6.42. The zero-order valence-corrected chi connectivity index (χ0v) is 26.1. The van der Waals surface area contributed by atoms with Crippen LogP contribution < -0.4 is 0 Å². The molecule has 0 aromatic rings. The monoisotopic (exact) mass is 533 g/mol. The molecule has 0 aromatic heterocycles. The van der Waals surface area contributed by atoms with Gasteiger partial charge in [-0.15, -0.1) is 0 Å². The Balaban J connectivity index is 0.000000373. The molecule has 2 fully saturated rings. The first kappa shape index (κ1) is 27.9. The maximum atomic E-state index is 4.48. The van der Waals surface area contributed by atoms with E-state index in [1.165, 1.54) is 35.5 Å². The maximum absolute atomic E-state index is 4.48. The van der Waals surface area contributed by atoms with Gasteiger partial charge in [0.25, 0.3) is 0 Å². The van der Waals surface area contributed by atoms with Crippen molar-refractivity contribution in [1.82, 2.24) is 0 Å². The minimum Gasteiger partial charge on any atom is -0.673 e. The Morgan fingerprint density at radius 1 is 0.645 bits per heavy atom. The van der Waals surface area contributed by atoms with Crippen LogP contribution in [0.1, 0.15) is 13.8 Å². The van der Waals surface area contributed by atoms with Crippen LogP contribution in [-0.4, -0.2) is 26.0 Å². The van der Waals surface area contributed by atoms with Crippen LogP contribution in [0, 0.1) is 59.4 Å². The molecule has 13 radical (unpaired) electrons. The number of nitrogens with zero attached hydrogens (tertiary/aromatic N) is 1. The van der Waals surface area contributed by atoms with Crippen LogP contribution in [0.2, 0.25) is 39.3 Å². The molecule has 1 nitrogen and oxygen atoms in total. The van der Waals surface area contributed by atoms with Crippen molar-refractivity contribution in [2.24, 2.45) is 0 Å². The van der Waals surface area contributed by atoms with Crippen LogP contribution in [0.3, 0.4) is 0 Å². The van der Waals surface area contributed by atoms with Crippen LogP contribution in [0.4, 0.5) is 0 Å². The van der Waals surface area contributed by atoms with Gasteiger partial charge >= 0.3 is 0 Å². The van der Waals surface area contributed by atoms with Crippen molar-refractivity contribution < 1.29 is 32.7 Å². The average molecular weight is 534 g/mol. The molecule has 0 atom stereocenters. The average Bonchev–Trinajstić information content (AvgIpc) is 3.16. The third-order valence-electron chi connectivity index (χ3n) is 5.69. The Kier molecular flexibility index (Phi) is 10.7. The predicted octanol–water partition coefficient (Wildman–Crippen LogP) is 6.96. The van der Waals surface area contributed by atoms with Gasteiger partial charge in [-0.25, -0.2) is 0 Å². The first-order valence-electron chi connectivity index (χ1n) is 10.8. The molecular weight excluding hydrogens is 499 g/mol. The first-order chi connectivity index (χ1) is 14.1. The summed E-state index contributed by atoms with van der Waals surface area (Å²) in [5, 5.41) is 0. The molecule has 31 heavy (non-hydrogen) atoms. The van der Waals surface area contributed by atoms with Gasteiger partial charge in [-0.3, -0.25) is 0 Å². The fourth-order valence-electron chi connectivity index (χ4n) is 4.97. The molecular formula is C26H34NSi3Y-. The van der Waals surface area contributed by atoms with Crippen LogP contribution in [0.5, 0.6) is 0 Å². The molecule has 0 saturated heterocycles. The smallest absolute Gasteiger partial charge is 0.0642 e. The van der Waals surface area contributed by atoms with Crippen molar-refractivity contribution in [2.45, 2.75) is 53.1 Å². The molecule has 0 spiro atoms. The first-order valence-corrected chi connectivity index (χ1v) is 18.7. The molecule has 5 heteroatoms. The summed E-state index contributed by atoms with van der Waals surface area (Å²) in [6.45, 7) is 18.5. The summed E-state index contributed by atoms with van der Waals surface area (Å²) in [4.78, 5) is 0. The van der Waals surface area contributed by atoms with Gasteiger partial charge in [-0.2, -0.15) is 0 Å². The number of rotatable bonds is 4. The van der Waals surface area contributed by atoms with E-state index in [0.29, 0.717) is 0 Å². The Morgan fingerprint density at radius 3 is 1.32 bits per heavy atom. The Bertz CT molecular complexity index is 641. The number of hydrogen-bond donors (Lipinski definition) is 0. The second-order valence-electron chi connectivity index (χ2n) is 9.21. The molecule has 0 amide bonds. The molecule has 0 aliphatic heterocycles. The SMILES string of the molecule is C[C]1[CH][C]2C=CC=C[C]2[C]1[Si](C)(C)[C]1[C](C)[CH][C]2C=CC=C[C]21.C[Si](C)[N-][Si](C)C.[Y]. The fourth-order valence-corrected chi connectivity index (χ4v) is 12.7. The molecule has 0 unspecified atom stereocenters. The van der Waals surface area contributed by atoms with Gasteiger partial charge in [-0.05, 0) is 35.8 Å². The van der Waals surface area contributed by atoms with E-state index in [0.717, 1.165) is 0 Å². The normalized spacial score (nSPS) is 24.1. The quantitative estimate of drug-likeness (QED) is 0.347. The van der Waals surface area contributed by atoms with E-state index in [1.54, 1.807) is 11.1 Å². The third-order valence-corrected chi connectivity index (χ3v) is 13.1. The summed E-state index contributed by atoms with van der Waals surface area (Å²) in [6.07, 6.45) is 22.4. The summed E-state index contributed by atoms with van der Waals surface area (Å²) in [5.74, 6) is 8.57. The van der Waals surface area contributed by atoms with Crippen molar-refractivity contribution >= 4 is 26.0 Å². The Labute approximate surface area is 223 Å². The van der Waals surface area contributed by atoms with Gasteiger partial charge in [0.05, 0.1) is 8.07 Å². The topological polar surface area (TPSA) is 14.1 Å². The van der Waals surface area contributed by atoms with E-state index in [-0.39, 0.29) is 50.6 Å². The van der Waals surface area contributed by atoms with E-state index in [9.17, 15) is 0 Å². The van der Waals surface area contributed by atoms with Crippen LogP contribution in [0.25, 0.3) is 4.65 Å². The van der Waals surface area contributed by atoms with Crippen molar-refractivity contribution in [3.63, 3.8) is 0 Å². The standard InChI is InChI=1S/C22H22Si.C4H12NSi2.Y/c1-15-13-17-9-5-7-11-19(17)21(15)23(3,4)22-16(2)14-18-10-6-8-12-20(18)22;1-6(2)5-7(3)4;/h5-14H,1-4H3;1-4H3;/q;-1;. The second-order valence-corrected chi connectivity index (χ2v) is 18.1. The van der Waals surface area contributed by atoms with Crippen molar-refractivity contribution in [3.05, 3.63) is 113 Å². The van der Waals surface area contributed by atoms with Gasteiger partial charge in [0.15, 0.2) is 0 Å². The van der Waals surface area contributed by atoms with Gasteiger partial charge in [0.1, 0.15) is 0 Å². The van der Waals surface area contributed by atoms with Crippen molar-refractivity contribution in [3.8, 4) is 0 Å². The minimum atomic E-state index is -1.77. The maximum Gasteiger partial charge on any atom is 0.0642 e. The van der Waals surface area contributed by atoms with E-state index in [1.807, 2.05) is 0 Å². The van der Waals surface area contributed by atoms with Gasteiger partial charge in [-0.1, -0.05) is 120 Å². The number of hydrogen-bond acceptors (Lipinski definition) is 0. The minimum absolute atomic E-state index is 0. The van der Waals surface area contributed by atoms with E-state index < -0.39 is 8.07 Å². The van der Waals surface area contributed by atoms with E-state index >= 15 is 0 Å². The van der Waals surface area contributed by atoms with E-state index in [4.69, 9.17) is 0 Å². The fraction of sp³-hybridized carbons (Fsp3) is 0.308. The largest absolute Gasteiger partial charge is 0.673 e. The van der Waals surface area contributed by atoms with Crippen molar-refractivity contribution in [2.75, 3.05) is 0 Å². The summed E-state index contributed by atoms with van der Waals surface area (Å²) >= 11 is 0. The van der Waals surface area contributed by atoms with Crippen LogP contribution in [-0.2, 0) is 32.7 Å². The molecule has 4 aliphatic carbocycles. The second kappa shape index (κ2) is 11.9. The zero-order valence-electron chi connectivity index (χ0n) is 20.3. The van der Waals surface area contributed by atoms with Crippen LogP contribution in [0.15, 0.2) is 48.6 Å². The van der Waals surface area contributed by atoms with E-state index in [2.05, 4.69) is 119 Å². The van der Waals surface area contributed by atoms with Crippen molar-refractivity contribution in [1.29, 1.82) is 0 Å². The molecule has 0 aromatic carbocycles. The van der Waals surface area contributed by atoms with Gasteiger partial charge in [0.2, 0.25) is 0 Å². The molecule has 4 aliphatic rings. The van der Waals surface area contributed by atoms with Crippen LogP contribution >= 0.6 is 0 Å². The Hall–Kier alpha value is 0.675. The number of allylic oxidation sites excluding steroid dienone is 8. The Morgan fingerprint density at radius 2 is 1.00 bits per heavy atom. The zero-order chi connectivity index (χ0) is 22.1. The summed E-state index contributed by atoms with van der Waals surface area (Å²) < 4.78 is 4.48. The predicted molar refractivity (Wildman–Crippen MR) is 138 cm³/mol. The molecule has 4 rings (SSSR count). The van der Waals surface area contributed by atoms with Gasteiger partial charge < -0.3 is 4.65 Å². The molecule has 0 heterocycles. The summed E-state index contributed by atoms with van der Waals surface area (Å²) in [6, 6.07) is 0.